The molecule has 3 atom stereocenters. The lowest BCUT2D eigenvalue weighted by atomic mass is 10.1. The topological polar surface area (TPSA) is 67.3 Å². The number of carbonyl (C=O) groups is 1. The first kappa shape index (κ1) is 16.7. The standard InChI is InChI=1S/C16H26N4O2/c1-5-6-15(21)22-13(4)16-18-8-7-14(19-16)20-11(2)9-17-10-12(20)3/h7-8,11-13,17H,5-6,9-10H2,1-4H3/t11-,12+,13-/m0/s1. The molecule has 1 aliphatic heterocycles. The molecule has 0 saturated carbocycles. The van der Waals surface area contributed by atoms with Crippen molar-refractivity contribution in [3.63, 3.8) is 0 Å². The molecular formula is C16H26N4O2. The first-order chi connectivity index (χ1) is 10.5. The molecule has 1 aromatic rings. The van der Waals surface area contributed by atoms with Gasteiger partial charge in [-0.1, -0.05) is 6.92 Å². The van der Waals surface area contributed by atoms with E-state index in [1.165, 1.54) is 0 Å². The van der Waals surface area contributed by atoms with E-state index < -0.39 is 6.10 Å². The van der Waals surface area contributed by atoms with E-state index in [1.54, 1.807) is 6.20 Å². The molecule has 1 saturated heterocycles. The summed E-state index contributed by atoms with van der Waals surface area (Å²) in [7, 11) is 0. The summed E-state index contributed by atoms with van der Waals surface area (Å²) in [6.07, 6.45) is 2.52. The van der Waals surface area contributed by atoms with Crippen LogP contribution < -0.4 is 10.2 Å². The lowest BCUT2D eigenvalue weighted by molar-refractivity contribution is -0.149. The van der Waals surface area contributed by atoms with Gasteiger partial charge in [0.25, 0.3) is 0 Å². The molecule has 0 unspecified atom stereocenters. The first-order valence-electron chi connectivity index (χ1n) is 8.04. The number of hydrogen-bond donors (Lipinski definition) is 1. The molecule has 6 heteroatoms. The van der Waals surface area contributed by atoms with Crippen LogP contribution in [0.15, 0.2) is 12.3 Å². The van der Waals surface area contributed by atoms with Crippen molar-refractivity contribution in [1.29, 1.82) is 0 Å². The van der Waals surface area contributed by atoms with Gasteiger partial charge in [0, 0.05) is 37.8 Å². The Morgan fingerprint density at radius 1 is 1.45 bits per heavy atom. The summed E-state index contributed by atoms with van der Waals surface area (Å²) in [5.74, 6) is 1.25. The molecule has 0 bridgehead atoms. The molecule has 2 rings (SSSR count). The van der Waals surface area contributed by atoms with Crippen molar-refractivity contribution in [1.82, 2.24) is 15.3 Å². The molecule has 2 heterocycles. The largest absolute Gasteiger partial charge is 0.454 e. The highest BCUT2D eigenvalue weighted by molar-refractivity contribution is 5.69. The monoisotopic (exact) mass is 306 g/mol. The van der Waals surface area contributed by atoms with Gasteiger partial charge in [-0.25, -0.2) is 9.97 Å². The number of esters is 1. The zero-order chi connectivity index (χ0) is 16.1. The third kappa shape index (κ3) is 3.94. The minimum absolute atomic E-state index is 0.201. The van der Waals surface area contributed by atoms with Gasteiger partial charge in [0.2, 0.25) is 0 Å². The van der Waals surface area contributed by atoms with Crippen LogP contribution in [-0.2, 0) is 9.53 Å². The third-order valence-corrected chi connectivity index (χ3v) is 3.88. The van der Waals surface area contributed by atoms with Crippen LogP contribution in [0.2, 0.25) is 0 Å². The summed E-state index contributed by atoms with van der Waals surface area (Å²) in [6, 6.07) is 2.65. The number of ether oxygens (including phenoxy) is 1. The quantitative estimate of drug-likeness (QED) is 0.840. The Kier molecular flexibility index (Phi) is 5.71. The predicted octanol–water partition coefficient (Wildman–Crippen LogP) is 2.07. The second-order valence-electron chi connectivity index (χ2n) is 5.92. The zero-order valence-corrected chi connectivity index (χ0v) is 13.9. The van der Waals surface area contributed by atoms with E-state index >= 15 is 0 Å². The molecule has 1 aromatic heterocycles. The van der Waals surface area contributed by atoms with E-state index in [2.05, 4.69) is 34.0 Å². The van der Waals surface area contributed by atoms with Crippen molar-refractivity contribution in [2.24, 2.45) is 0 Å². The molecule has 122 valence electrons. The average molecular weight is 306 g/mol. The normalized spacial score (nSPS) is 23.2. The predicted molar refractivity (Wildman–Crippen MR) is 85.7 cm³/mol. The molecule has 1 N–H and O–H groups in total. The van der Waals surface area contributed by atoms with Crippen molar-refractivity contribution in [3.8, 4) is 0 Å². The summed E-state index contributed by atoms with van der Waals surface area (Å²) in [4.78, 5) is 22.8. The van der Waals surface area contributed by atoms with E-state index in [0.29, 0.717) is 24.3 Å². The lowest BCUT2D eigenvalue weighted by Crippen LogP contribution is -2.55. The number of anilines is 1. The van der Waals surface area contributed by atoms with Crippen LogP contribution in [0, 0.1) is 0 Å². The third-order valence-electron chi connectivity index (χ3n) is 3.88. The highest BCUT2D eigenvalue weighted by Crippen LogP contribution is 2.22. The van der Waals surface area contributed by atoms with Gasteiger partial charge in [0.05, 0.1) is 0 Å². The number of piperazine rings is 1. The molecular weight excluding hydrogens is 280 g/mol. The van der Waals surface area contributed by atoms with Crippen molar-refractivity contribution in [3.05, 3.63) is 18.1 Å². The maximum Gasteiger partial charge on any atom is 0.306 e. The van der Waals surface area contributed by atoms with Crippen LogP contribution in [0.3, 0.4) is 0 Å². The fourth-order valence-corrected chi connectivity index (χ4v) is 2.80. The number of carbonyl (C=O) groups excluding carboxylic acids is 1. The van der Waals surface area contributed by atoms with Crippen molar-refractivity contribution >= 4 is 11.8 Å². The minimum atomic E-state index is -0.424. The summed E-state index contributed by atoms with van der Waals surface area (Å²) in [5, 5.41) is 3.41. The van der Waals surface area contributed by atoms with Crippen molar-refractivity contribution < 1.29 is 9.53 Å². The maximum absolute atomic E-state index is 11.6. The van der Waals surface area contributed by atoms with E-state index in [4.69, 9.17) is 4.74 Å². The summed E-state index contributed by atoms with van der Waals surface area (Å²) in [6.45, 7) is 9.99. The van der Waals surface area contributed by atoms with Crippen LogP contribution >= 0.6 is 0 Å². The second-order valence-corrected chi connectivity index (χ2v) is 5.92. The van der Waals surface area contributed by atoms with Gasteiger partial charge in [-0.2, -0.15) is 0 Å². The molecule has 6 nitrogen and oxygen atoms in total. The van der Waals surface area contributed by atoms with E-state index in [-0.39, 0.29) is 5.97 Å². The molecule has 0 aliphatic carbocycles. The van der Waals surface area contributed by atoms with Crippen molar-refractivity contribution in [2.75, 3.05) is 18.0 Å². The van der Waals surface area contributed by atoms with Gasteiger partial charge in [0.1, 0.15) is 5.82 Å². The van der Waals surface area contributed by atoms with Crippen LogP contribution in [-0.4, -0.2) is 41.1 Å². The molecule has 1 fully saturated rings. The fourth-order valence-electron chi connectivity index (χ4n) is 2.80. The Hall–Kier alpha value is -1.69. The van der Waals surface area contributed by atoms with Crippen LogP contribution in [0.25, 0.3) is 0 Å². The molecule has 1 aliphatic rings. The number of nitrogens with one attached hydrogen (secondary N) is 1. The zero-order valence-electron chi connectivity index (χ0n) is 13.9. The number of aromatic nitrogens is 2. The molecule has 0 radical (unpaired) electrons. The molecule has 22 heavy (non-hydrogen) atoms. The molecule has 0 spiro atoms. The highest BCUT2D eigenvalue weighted by Gasteiger charge is 2.26. The van der Waals surface area contributed by atoms with Crippen LogP contribution in [0.1, 0.15) is 52.5 Å². The van der Waals surface area contributed by atoms with Gasteiger partial charge in [-0.05, 0) is 33.3 Å². The maximum atomic E-state index is 11.6. The minimum Gasteiger partial charge on any atom is -0.454 e. The number of nitrogens with zero attached hydrogens (tertiary/aromatic N) is 3. The number of hydrogen-bond acceptors (Lipinski definition) is 6. The molecule has 0 amide bonds. The Morgan fingerprint density at radius 2 is 2.14 bits per heavy atom. The Bertz CT molecular complexity index is 499. The Balaban J connectivity index is 2.13. The van der Waals surface area contributed by atoms with E-state index in [1.807, 2.05) is 19.9 Å². The highest BCUT2D eigenvalue weighted by atomic mass is 16.5. The lowest BCUT2D eigenvalue weighted by Gasteiger charge is -2.40. The smallest absolute Gasteiger partial charge is 0.306 e. The van der Waals surface area contributed by atoms with Crippen molar-refractivity contribution in [2.45, 2.75) is 58.7 Å². The van der Waals surface area contributed by atoms with Gasteiger partial charge in [-0.15, -0.1) is 0 Å². The van der Waals surface area contributed by atoms with Gasteiger partial charge >= 0.3 is 5.97 Å². The van der Waals surface area contributed by atoms with Gasteiger partial charge in [0.15, 0.2) is 11.9 Å². The SMILES string of the molecule is CCCC(=O)O[C@@H](C)c1nccc(N2[C@H](C)CNC[C@@H]2C)n1. The summed E-state index contributed by atoms with van der Waals surface area (Å²) >= 11 is 0. The summed E-state index contributed by atoms with van der Waals surface area (Å²) < 4.78 is 5.38. The van der Waals surface area contributed by atoms with Crippen LogP contribution in [0.4, 0.5) is 5.82 Å². The Labute approximate surface area is 132 Å². The second kappa shape index (κ2) is 7.54. The molecule has 0 aromatic carbocycles. The Morgan fingerprint density at radius 3 is 2.77 bits per heavy atom. The first-order valence-corrected chi connectivity index (χ1v) is 8.04. The summed E-state index contributed by atoms with van der Waals surface area (Å²) in [5.41, 5.74) is 0. The van der Waals surface area contributed by atoms with Gasteiger partial charge in [-0.3, -0.25) is 4.79 Å². The van der Waals surface area contributed by atoms with E-state index in [9.17, 15) is 4.79 Å². The van der Waals surface area contributed by atoms with Crippen LogP contribution in [0.5, 0.6) is 0 Å². The van der Waals surface area contributed by atoms with E-state index in [0.717, 1.165) is 25.3 Å². The average Bonchev–Trinajstić information content (AvgIpc) is 2.47. The fraction of sp³-hybridized carbons (Fsp3) is 0.688. The van der Waals surface area contributed by atoms with Gasteiger partial charge < -0.3 is 15.0 Å². The number of rotatable bonds is 5.